The SMILES string of the molecule is CCc1ccc(N2C(=O)C3ON(CC(N)=O)C(c4ccccc4)C3C2=O)cc1. The number of aryl methyl sites for hydroxylation is 1. The molecule has 0 aliphatic carbocycles. The maximum atomic E-state index is 13.2. The minimum Gasteiger partial charge on any atom is -0.368 e. The van der Waals surface area contributed by atoms with E-state index >= 15 is 0 Å². The smallest absolute Gasteiger partial charge is 0.265 e. The minimum atomic E-state index is -0.970. The van der Waals surface area contributed by atoms with Crippen molar-refractivity contribution in [2.45, 2.75) is 25.5 Å². The molecule has 7 heteroatoms. The Kier molecular flexibility index (Phi) is 4.70. The highest BCUT2D eigenvalue weighted by Gasteiger charge is 2.60. The number of hydrogen-bond donors (Lipinski definition) is 1. The standard InChI is InChI=1S/C21H21N3O4/c1-2-13-8-10-15(11-9-13)24-20(26)17-18(14-6-4-3-5-7-14)23(12-16(22)25)28-19(17)21(24)27/h3-11,17-19H,2,12H2,1H3,(H2,22,25). The summed E-state index contributed by atoms with van der Waals surface area (Å²) < 4.78 is 0. The zero-order valence-electron chi connectivity index (χ0n) is 15.4. The lowest BCUT2D eigenvalue weighted by Gasteiger charge is -2.26. The second-order valence-corrected chi connectivity index (χ2v) is 6.98. The van der Waals surface area contributed by atoms with E-state index in [1.54, 1.807) is 12.1 Å². The summed E-state index contributed by atoms with van der Waals surface area (Å²) in [5.74, 6) is -2.08. The Morgan fingerprint density at radius 2 is 1.71 bits per heavy atom. The van der Waals surface area contributed by atoms with Crippen molar-refractivity contribution in [3.8, 4) is 0 Å². The number of carbonyl (C=O) groups excluding carboxylic acids is 3. The van der Waals surface area contributed by atoms with Gasteiger partial charge >= 0.3 is 0 Å². The number of primary amides is 1. The number of carbonyl (C=O) groups is 3. The fourth-order valence-corrected chi connectivity index (χ4v) is 3.92. The third-order valence-corrected chi connectivity index (χ3v) is 5.25. The Bertz CT molecular complexity index is 913. The molecule has 7 nitrogen and oxygen atoms in total. The summed E-state index contributed by atoms with van der Waals surface area (Å²) in [4.78, 5) is 44.7. The maximum absolute atomic E-state index is 13.2. The molecule has 0 saturated carbocycles. The van der Waals surface area contributed by atoms with E-state index in [1.807, 2.05) is 49.4 Å². The zero-order valence-corrected chi connectivity index (χ0v) is 15.4. The molecule has 144 valence electrons. The lowest BCUT2D eigenvalue weighted by molar-refractivity contribution is -0.175. The highest BCUT2D eigenvalue weighted by atomic mass is 16.7. The van der Waals surface area contributed by atoms with E-state index in [0.717, 1.165) is 17.5 Å². The Balaban J connectivity index is 1.70. The summed E-state index contributed by atoms with van der Waals surface area (Å²) in [7, 11) is 0. The number of hydroxylamine groups is 2. The van der Waals surface area contributed by atoms with Crippen LogP contribution in [0.5, 0.6) is 0 Å². The maximum Gasteiger partial charge on any atom is 0.265 e. The highest BCUT2D eigenvalue weighted by molar-refractivity contribution is 6.23. The number of rotatable bonds is 5. The van der Waals surface area contributed by atoms with Crippen molar-refractivity contribution in [1.29, 1.82) is 0 Å². The van der Waals surface area contributed by atoms with Crippen molar-refractivity contribution < 1.29 is 19.2 Å². The van der Waals surface area contributed by atoms with E-state index in [4.69, 9.17) is 10.6 Å². The second-order valence-electron chi connectivity index (χ2n) is 6.98. The van der Waals surface area contributed by atoms with Crippen LogP contribution in [-0.2, 0) is 25.6 Å². The third-order valence-electron chi connectivity index (χ3n) is 5.25. The van der Waals surface area contributed by atoms with Crippen LogP contribution in [0.3, 0.4) is 0 Å². The third kappa shape index (κ3) is 2.98. The largest absolute Gasteiger partial charge is 0.368 e. The normalized spacial score (nSPS) is 24.6. The van der Waals surface area contributed by atoms with Gasteiger partial charge in [-0.2, -0.15) is 5.06 Å². The number of anilines is 1. The Morgan fingerprint density at radius 3 is 2.32 bits per heavy atom. The quantitative estimate of drug-likeness (QED) is 0.796. The highest BCUT2D eigenvalue weighted by Crippen LogP contribution is 2.45. The summed E-state index contributed by atoms with van der Waals surface area (Å²) in [6.07, 6.45) is -0.0998. The molecule has 3 amide bonds. The fraction of sp³-hybridized carbons (Fsp3) is 0.286. The number of fused-ring (bicyclic) bond motifs is 1. The molecule has 2 saturated heterocycles. The minimum absolute atomic E-state index is 0.196. The van der Waals surface area contributed by atoms with E-state index in [2.05, 4.69) is 0 Å². The molecule has 2 N–H and O–H groups in total. The number of benzene rings is 2. The van der Waals surface area contributed by atoms with Crippen molar-refractivity contribution in [2.75, 3.05) is 11.4 Å². The first-order valence-electron chi connectivity index (χ1n) is 9.24. The van der Waals surface area contributed by atoms with Crippen LogP contribution in [0.1, 0.15) is 24.1 Å². The molecule has 2 aliphatic rings. The van der Waals surface area contributed by atoms with Crippen molar-refractivity contribution in [3.63, 3.8) is 0 Å². The molecule has 28 heavy (non-hydrogen) atoms. The first-order valence-corrected chi connectivity index (χ1v) is 9.24. The van der Waals surface area contributed by atoms with Crippen LogP contribution in [0, 0.1) is 5.92 Å². The van der Waals surface area contributed by atoms with E-state index < -0.39 is 29.9 Å². The molecule has 0 spiro atoms. The molecule has 2 aliphatic heterocycles. The van der Waals surface area contributed by atoms with Crippen LogP contribution in [0.25, 0.3) is 0 Å². The average Bonchev–Trinajstić information content (AvgIpc) is 3.17. The van der Waals surface area contributed by atoms with Gasteiger partial charge in [-0.15, -0.1) is 0 Å². The summed E-state index contributed by atoms with van der Waals surface area (Å²) in [5.41, 5.74) is 7.78. The van der Waals surface area contributed by atoms with Gasteiger partial charge < -0.3 is 5.73 Å². The van der Waals surface area contributed by atoms with Gasteiger partial charge in [0.1, 0.15) is 6.54 Å². The van der Waals surface area contributed by atoms with Gasteiger partial charge in [0.15, 0.2) is 6.10 Å². The van der Waals surface area contributed by atoms with Gasteiger partial charge in [0.25, 0.3) is 5.91 Å². The fourth-order valence-electron chi connectivity index (χ4n) is 3.92. The Morgan fingerprint density at radius 1 is 1.04 bits per heavy atom. The predicted molar refractivity (Wildman–Crippen MR) is 102 cm³/mol. The summed E-state index contributed by atoms with van der Waals surface area (Å²) >= 11 is 0. The van der Waals surface area contributed by atoms with Crippen LogP contribution in [-0.4, -0.2) is 35.4 Å². The average molecular weight is 379 g/mol. The Labute approximate surface area is 162 Å². The van der Waals surface area contributed by atoms with E-state index in [1.165, 1.54) is 9.96 Å². The molecule has 2 heterocycles. The lowest BCUT2D eigenvalue weighted by Crippen LogP contribution is -2.40. The van der Waals surface area contributed by atoms with Crippen molar-refractivity contribution in [1.82, 2.24) is 5.06 Å². The van der Waals surface area contributed by atoms with E-state index in [-0.39, 0.29) is 12.5 Å². The first-order chi connectivity index (χ1) is 13.5. The number of imide groups is 1. The van der Waals surface area contributed by atoms with Gasteiger partial charge in [0.2, 0.25) is 11.8 Å². The molecule has 2 fully saturated rings. The summed E-state index contributed by atoms with van der Waals surface area (Å²) in [5, 5.41) is 1.36. The van der Waals surface area contributed by atoms with Gasteiger partial charge in [-0.1, -0.05) is 49.4 Å². The van der Waals surface area contributed by atoms with E-state index in [9.17, 15) is 14.4 Å². The predicted octanol–water partition coefficient (Wildman–Crippen LogP) is 1.58. The topological polar surface area (TPSA) is 92.9 Å². The van der Waals surface area contributed by atoms with Gasteiger partial charge in [-0.25, -0.2) is 4.90 Å². The van der Waals surface area contributed by atoms with Gasteiger partial charge in [0, 0.05) is 0 Å². The number of amides is 3. The number of nitrogens with zero attached hydrogens (tertiary/aromatic N) is 2. The molecule has 2 aromatic carbocycles. The van der Waals surface area contributed by atoms with Crippen molar-refractivity contribution in [2.24, 2.45) is 11.7 Å². The van der Waals surface area contributed by atoms with E-state index in [0.29, 0.717) is 5.69 Å². The molecule has 3 atom stereocenters. The van der Waals surface area contributed by atoms with Crippen LogP contribution < -0.4 is 10.6 Å². The molecule has 0 aromatic heterocycles. The Hall–Kier alpha value is -3.03. The van der Waals surface area contributed by atoms with Crippen LogP contribution in [0.15, 0.2) is 54.6 Å². The summed E-state index contributed by atoms with van der Waals surface area (Å²) in [6.45, 7) is 1.84. The van der Waals surface area contributed by atoms with Crippen LogP contribution >= 0.6 is 0 Å². The van der Waals surface area contributed by atoms with Crippen LogP contribution in [0.2, 0.25) is 0 Å². The monoisotopic (exact) mass is 379 g/mol. The molecule has 2 aromatic rings. The first kappa shape index (κ1) is 18.3. The molecule has 0 bridgehead atoms. The van der Waals surface area contributed by atoms with Crippen molar-refractivity contribution in [3.05, 3.63) is 65.7 Å². The second kappa shape index (κ2) is 7.18. The molecular formula is C21H21N3O4. The molecule has 0 radical (unpaired) electrons. The zero-order chi connectivity index (χ0) is 19.8. The summed E-state index contributed by atoms with van der Waals surface area (Å²) in [6, 6.07) is 16.0. The number of hydrogen-bond acceptors (Lipinski definition) is 5. The van der Waals surface area contributed by atoms with Gasteiger partial charge in [0.05, 0.1) is 17.6 Å². The van der Waals surface area contributed by atoms with Crippen LogP contribution in [0.4, 0.5) is 5.69 Å². The lowest BCUT2D eigenvalue weighted by atomic mass is 9.91. The van der Waals surface area contributed by atoms with Gasteiger partial charge in [-0.3, -0.25) is 19.2 Å². The molecular weight excluding hydrogens is 358 g/mol. The van der Waals surface area contributed by atoms with Gasteiger partial charge in [-0.05, 0) is 29.7 Å². The van der Waals surface area contributed by atoms with Crippen molar-refractivity contribution >= 4 is 23.4 Å². The molecule has 4 rings (SSSR count). The number of nitrogens with two attached hydrogens (primary N) is 1. The molecule has 3 unspecified atom stereocenters.